The maximum atomic E-state index is 10.4. The van der Waals surface area contributed by atoms with Crippen LogP contribution < -0.4 is 9.64 Å². The van der Waals surface area contributed by atoms with E-state index in [1.54, 1.807) is 0 Å². The number of hydrogen-bond acceptors (Lipinski definition) is 5. The maximum Gasteiger partial charge on any atom is 0.119 e. The molecule has 2 N–H and O–H groups in total. The highest BCUT2D eigenvalue weighted by molar-refractivity contribution is 5.60. The molecule has 1 atom stereocenters. The summed E-state index contributed by atoms with van der Waals surface area (Å²) in [6.07, 6.45) is 14.9. The Morgan fingerprint density at radius 2 is 1.82 bits per heavy atom. The van der Waals surface area contributed by atoms with Crippen molar-refractivity contribution in [3.05, 3.63) is 88.7 Å². The number of anilines is 1. The Hall–Kier alpha value is -3.18. The van der Waals surface area contributed by atoms with Crippen molar-refractivity contribution in [1.29, 1.82) is 0 Å². The van der Waals surface area contributed by atoms with Gasteiger partial charge in [0.15, 0.2) is 0 Å². The first-order valence-corrected chi connectivity index (χ1v) is 14.9. The van der Waals surface area contributed by atoms with Gasteiger partial charge in [-0.2, -0.15) is 0 Å². The molecule has 0 radical (unpaired) electrons. The fourth-order valence-corrected chi connectivity index (χ4v) is 6.27. The monoisotopic (exact) mass is 528 g/mol. The molecule has 5 nitrogen and oxygen atoms in total. The molecule has 0 aromatic heterocycles. The zero-order valence-electron chi connectivity index (χ0n) is 23.4. The first-order valence-electron chi connectivity index (χ1n) is 14.9. The minimum atomic E-state index is 0.304. The number of aliphatic hydroxyl groups excluding tert-OH is 1. The number of aliphatic hydroxyl groups is 1. The molecule has 1 fully saturated rings. The molecule has 0 spiro atoms. The Kier molecular flexibility index (Phi) is 9.31. The van der Waals surface area contributed by atoms with Crippen LogP contribution in [0.1, 0.15) is 75.3 Å². The lowest BCUT2D eigenvalue weighted by molar-refractivity contribution is 0.205. The van der Waals surface area contributed by atoms with Crippen molar-refractivity contribution in [3.63, 3.8) is 0 Å². The van der Waals surface area contributed by atoms with Gasteiger partial charge in [-0.1, -0.05) is 36.8 Å². The first-order chi connectivity index (χ1) is 19.1. The molecule has 0 bridgehead atoms. The Balaban J connectivity index is 1.22. The molecule has 1 saturated heterocycles. The number of nitrogens with zero attached hydrogens (tertiary/aromatic N) is 2. The number of allylic oxidation sites excluding steroid dienone is 5. The molecule has 1 unspecified atom stereocenters. The number of benzene rings is 2. The number of aromatic hydroxyl groups is 1. The van der Waals surface area contributed by atoms with Gasteiger partial charge in [0.25, 0.3) is 0 Å². The van der Waals surface area contributed by atoms with E-state index in [2.05, 4.69) is 59.2 Å². The van der Waals surface area contributed by atoms with E-state index >= 15 is 0 Å². The van der Waals surface area contributed by atoms with Crippen LogP contribution in [0.25, 0.3) is 0 Å². The van der Waals surface area contributed by atoms with E-state index in [4.69, 9.17) is 4.74 Å². The highest BCUT2D eigenvalue weighted by Gasteiger charge is 2.25. The largest absolute Gasteiger partial charge is 0.512 e. The van der Waals surface area contributed by atoms with Crippen LogP contribution in [-0.4, -0.2) is 47.9 Å². The van der Waals surface area contributed by atoms with Gasteiger partial charge in [-0.25, -0.2) is 0 Å². The van der Waals surface area contributed by atoms with E-state index in [-0.39, 0.29) is 0 Å². The predicted molar refractivity (Wildman–Crippen MR) is 160 cm³/mol. The van der Waals surface area contributed by atoms with Crippen molar-refractivity contribution in [1.82, 2.24) is 4.90 Å². The van der Waals surface area contributed by atoms with Gasteiger partial charge >= 0.3 is 0 Å². The molecule has 1 aliphatic heterocycles. The smallest absolute Gasteiger partial charge is 0.119 e. The van der Waals surface area contributed by atoms with E-state index in [1.807, 2.05) is 18.2 Å². The van der Waals surface area contributed by atoms with Gasteiger partial charge in [0, 0.05) is 37.8 Å². The summed E-state index contributed by atoms with van der Waals surface area (Å²) in [6.45, 7) is 8.17. The van der Waals surface area contributed by atoms with E-state index in [9.17, 15) is 10.2 Å². The highest BCUT2D eigenvalue weighted by Crippen LogP contribution is 2.43. The lowest BCUT2D eigenvalue weighted by Gasteiger charge is -2.31. The Morgan fingerprint density at radius 3 is 2.62 bits per heavy atom. The minimum Gasteiger partial charge on any atom is -0.512 e. The lowest BCUT2D eigenvalue weighted by atomic mass is 9.79. The molecule has 0 saturated carbocycles. The molecule has 208 valence electrons. The number of likely N-dealkylation sites (tertiary alicyclic amines) is 1. The molecule has 2 aromatic rings. The average Bonchev–Trinajstić information content (AvgIpc) is 3.15. The summed E-state index contributed by atoms with van der Waals surface area (Å²) in [6, 6.07) is 14.4. The fourth-order valence-electron chi connectivity index (χ4n) is 6.27. The Labute approximate surface area is 234 Å². The summed E-state index contributed by atoms with van der Waals surface area (Å²) < 4.78 is 6.04. The van der Waals surface area contributed by atoms with E-state index < -0.39 is 0 Å². The van der Waals surface area contributed by atoms with Crippen molar-refractivity contribution >= 4 is 5.69 Å². The molecule has 1 heterocycles. The Morgan fingerprint density at radius 1 is 1.00 bits per heavy atom. The summed E-state index contributed by atoms with van der Waals surface area (Å²) >= 11 is 0. The van der Waals surface area contributed by atoms with Gasteiger partial charge in [0.2, 0.25) is 0 Å². The van der Waals surface area contributed by atoms with Crippen LogP contribution >= 0.6 is 0 Å². The molecule has 5 rings (SSSR count). The number of ether oxygens (including phenoxy) is 1. The number of piperidine rings is 1. The second-order valence-corrected chi connectivity index (χ2v) is 11.2. The second kappa shape index (κ2) is 13.3. The van der Waals surface area contributed by atoms with Crippen molar-refractivity contribution in [2.75, 3.05) is 37.7 Å². The van der Waals surface area contributed by atoms with Crippen molar-refractivity contribution in [2.24, 2.45) is 0 Å². The molecule has 0 amide bonds. The average molecular weight is 529 g/mol. The van der Waals surface area contributed by atoms with Crippen LogP contribution in [0.4, 0.5) is 5.69 Å². The molecule has 39 heavy (non-hydrogen) atoms. The number of rotatable bonds is 10. The number of phenolic OH excluding ortho intramolecular Hbond substituents is 1. The molecule has 5 heteroatoms. The van der Waals surface area contributed by atoms with Crippen LogP contribution in [0.3, 0.4) is 0 Å². The van der Waals surface area contributed by atoms with Gasteiger partial charge in [-0.15, -0.1) is 0 Å². The van der Waals surface area contributed by atoms with Gasteiger partial charge in [0.1, 0.15) is 11.5 Å². The van der Waals surface area contributed by atoms with Crippen LogP contribution in [0.15, 0.2) is 77.6 Å². The zero-order valence-corrected chi connectivity index (χ0v) is 23.4. The minimum absolute atomic E-state index is 0.304. The third-order valence-electron chi connectivity index (χ3n) is 8.44. The summed E-state index contributed by atoms with van der Waals surface area (Å²) in [5, 5.41) is 20.5. The second-order valence-electron chi connectivity index (χ2n) is 11.2. The molecular formula is C34H44N2O3. The number of phenols is 1. The normalized spacial score (nSPS) is 19.8. The molecule has 2 aromatic carbocycles. The van der Waals surface area contributed by atoms with Crippen LogP contribution in [0.2, 0.25) is 0 Å². The fraction of sp³-hybridized carbons (Fsp3) is 0.471. The number of hydrogen-bond donors (Lipinski definition) is 2. The van der Waals surface area contributed by atoms with Crippen LogP contribution in [-0.2, 0) is 6.54 Å². The topological polar surface area (TPSA) is 56.2 Å². The van der Waals surface area contributed by atoms with Gasteiger partial charge in [0.05, 0.1) is 12.4 Å². The van der Waals surface area contributed by atoms with Crippen molar-refractivity contribution in [3.8, 4) is 11.5 Å². The van der Waals surface area contributed by atoms with Crippen LogP contribution in [0, 0.1) is 0 Å². The summed E-state index contributed by atoms with van der Waals surface area (Å²) in [4.78, 5) is 4.92. The third-order valence-corrected chi connectivity index (χ3v) is 8.44. The third kappa shape index (κ3) is 7.27. The maximum absolute atomic E-state index is 10.4. The summed E-state index contributed by atoms with van der Waals surface area (Å²) in [7, 11) is 0. The SMILES string of the molecule is CCN(Cc1ccc(OCCCN2CCCCC2)cc1)c1cc(O)ccc1C1CCC2=C(C=CCC(O)=C2)C1. The van der Waals surface area contributed by atoms with E-state index in [1.165, 1.54) is 54.6 Å². The quantitative estimate of drug-likeness (QED) is 0.310. The van der Waals surface area contributed by atoms with E-state index in [0.29, 0.717) is 23.8 Å². The summed E-state index contributed by atoms with van der Waals surface area (Å²) in [5.74, 6) is 2.07. The molecule has 3 aliphatic rings. The first kappa shape index (κ1) is 27.4. The Bertz CT molecular complexity index is 1190. The van der Waals surface area contributed by atoms with E-state index in [0.717, 1.165) is 63.4 Å². The molecule has 2 aliphatic carbocycles. The summed E-state index contributed by atoms with van der Waals surface area (Å²) in [5.41, 5.74) is 6.22. The lowest BCUT2D eigenvalue weighted by Crippen LogP contribution is -2.31. The molecular weight excluding hydrogens is 484 g/mol. The standard InChI is InChI=1S/C34H44N2O3/c1-2-36(25-26-10-15-32(16-11-26)39-21-7-20-35-18-4-3-5-19-35)34-24-31(38)14-17-33(34)29-13-12-28-23-30(37)9-6-8-27(28)22-29/h6,8,10-11,14-17,23-24,29,37-38H,2-5,7,9,12-13,18-22,25H2,1H3. The van der Waals surface area contributed by atoms with Crippen LogP contribution in [0.5, 0.6) is 11.5 Å². The van der Waals surface area contributed by atoms with Gasteiger partial charge in [-0.05, 0) is 111 Å². The predicted octanol–water partition coefficient (Wildman–Crippen LogP) is 7.64. The van der Waals surface area contributed by atoms with Crippen molar-refractivity contribution < 1.29 is 14.9 Å². The highest BCUT2D eigenvalue weighted by atomic mass is 16.5. The van der Waals surface area contributed by atoms with Gasteiger partial charge < -0.3 is 24.7 Å². The van der Waals surface area contributed by atoms with Crippen molar-refractivity contribution in [2.45, 2.75) is 70.8 Å². The zero-order chi connectivity index (χ0) is 27.0. The van der Waals surface area contributed by atoms with Gasteiger partial charge in [-0.3, -0.25) is 0 Å².